The van der Waals surface area contributed by atoms with Crippen molar-refractivity contribution in [1.82, 2.24) is 4.90 Å². The summed E-state index contributed by atoms with van der Waals surface area (Å²) in [6.45, 7) is 7.35. The predicted octanol–water partition coefficient (Wildman–Crippen LogP) is 2.89. The van der Waals surface area contributed by atoms with Gasteiger partial charge in [-0.3, -0.25) is 9.69 Å². The summed E-state index contributed by atoms with van der Waals surface area (Å²) in [6, 6.07) is 0.435. The third-order valence-corrected chi connectivity index (χ3v) is 3.98. The number of carboxylic acids is 1. The summed E-state index contributed by atoms with van der Waals surface area (Å²) < 4.78 is 0. The Balaban J connectivity index is 2.92. The lowest BCUT2D eigenvalue weighted by Crippen LogP contribution is -2.54. The van der Waals surface area contributed by atoms with E-state index in [1.807, 2.05) is 0 Å². The molecule has 1 aliphatic rings. The molecule has 1 atom stereocenters. The van der Waals surface area contributed by atoms with Gasteiger partial charge in [-0.2, -0.15) is 0 Å². The summed E-state index contributed by atoms with van der Waals surface area (Å²) in [7, 11) is 0. The van der Waals surface area contributed by atoms with Gasteiger partial charge in [-0.25, -0.2) is 0 Å². The molecular formula is C13H25NO2. The van der Waals surface area contributed by atoms with Gasteiger partial charge in [0.25, 0.3) is 0 Å². The summed E-state index contributed by atoms with van der Waals surface area (Å²) in [4.78, 5) is 13.9. The van der Waals surface area contributed by atoms with Crippen molar-refractivity contribution in [3.05, 3.63) is 0 Å². The topological polar surface area (TPSA) is 40.5 Å². The minimum absolute atomic E-state index is 0.435. The van der Waals surface area contributed by atoms with Crippen molar-refractivity contribution < 1.29 is 9.90 Å². The average molecular weight is 227 g/mol. The highest BCUT2D eigenvalue weighted by molar-refractivity contribution is 5.79. The molecular weight excluding hydrogens is 202 g/mol. The van der Waals surface area contributed by atoms with E-state index in [9.17, 15) is 9.90 Å². The normalized spacial score (nSPS) is 26.5. The molecule has 1 aliphatic heterocycles. The molecule has 1 rings (SSSR count). The Hall–Kier alpha value is -0.570. The van der Waals surface area contributed by atoms with Crippen LogP contribution in [0.15, 0.2) is 0 Å². The summed E-state index contributed by atoms with van der Waals surface area (Å²) in [5.41, 5.74) is -0.564. The molecule has 3 nitrogen and oxygen atoms in total. The van der Waals surface area contributed by atoms with Crippen LogP contribution in [-0.4, -0.2) is 34.1 Å². The zero-order valence-electron chi connectivity index (χ0n) is 10.8. The van der Waals surface area contributed by atoms with Crippen molar-refractivity contribution in [2.24, 2.45) is 0 Å². The zero-order valence-corrected chi connectivity index (χ0v) is 10.8. The number of carbonyl (C=O) groups is 1. The summed E-state index contributed by atoms with van der Waals surface area (Å²) >= 11 is 0. The van der Waals surface area contributed by atoms with Crippen molar-refractivity contribution in [3.63, 3.8) is 0 Å². The SMILES string of the molecule is CCCC1(C(=O)O)CCCN1C(CC)CC. The van der Waals surface area contributed by atoms with Gasteiger partial charge in [-0.1, -0.05) is 27.2 Å². The highest BCUT2D eigenvalue weighted by Crippen LogP contribution is 2.36. The molecule has 16 heavy (non-hydrogen) atoms. The van der Waals surface area contributed by atoms with Gasteiger partial charge in [0, 0.05) is 6.04 Å². The monoisotopic (exact) mass is 227 g/mol. The fourth-order valence-electron chi connectivity index (χ4n) is 3.18. The van der Waals surface area contributed by atoms with Gasteiger partial charge >= 0.3 is 5.97 Å². The van der Waals surface area contributed by atoms with Crippen LogP contribution in [-0.2, 0) is 4.79 Å². The molecule has 3 heteroatoms. The second-order valence-electron chi connectivity index (χ2n) is 4.85. The Morgan fingerprint density at radius 1 is 1.38 bits per heavy atom. The second-order valence-corrected chi connectivity index (χ2v) is 4.85. The number of hydrogen-bond donors (Lipinski definition) is 1. The first-order chi connectivity index (χ1) is 7.62. The molecule has 0 radical (unpaired) electrons. The lowest BCUT2D eigenvalue weighted by molar-refractivity contribution is -0.152. The van der Waals surface area contributed by atoms with Gasteiger partial charge in [-0.15, -0.1) is 0 Å². The summed E-state index contributed by atoms with van der Waals surface area (Å²) in [5.74, 6) is -0.612. The molecule has 0 bridgehead atoms. The molecule has 0 spiro atoms. The molecule has 0 aromatic heterocycles. The van der Waals surface area contributed by atoms with Crippen LogP contribution < -0.4 is 0 Å². The largest absolute Gasteiger partial charge is 0.480 e. The van der Waals surface area contributed by atoms with Crippen molar-refractivity contribution in [1.29, 1.82) is 0 Å². The highest BCUT2D eigenvalue weighted by atomic mass is 16.4. The summed E-state index contributed by atoms with van der Waals surface area (Å²) in [5, 5.41) is 9.56. The van der Waals surface area contributed by atoms with Gasteiger partial charge in [0.2, 0.25) is 0 Å². The molecule has 1 unspecified atom stereocenters. The van der Waals surface area contributed by atoms with E-state index in [4.69, 9.17) is 0 Å². The molecule has 1 heterocycles. The van der Waals surface area contributed by atoms with Crippen molar-refractivity contribution in [3.8, 4) is 0 Å². The molecule has 1 N–H and O–H groups in total. The quantitative estimate of drug-likeness (QED) is 0.758. The van der Waals surface area contributed by atoms with Gasteiger partial charge in [0.1, 0.15) is 5.54 Å². The van der Waals surface area contributed by atoms with E-state index in [1.54, 1.807) is 0 Å². The van der Waals surface area contributed by atoms with E-state index in [0.29, 0.717) is 6.04 Å². The van der Waals surface area contributed by atoms with Gasteiger partial charge in [0.15, 0.2) is 0 Å². The number of nitrogens with zero attached hydrogens (tertiary/aromatic N) is 1. The van der Waals surface area contributed by atoms with Crippen LogP contribution in [0.2, 0.25) is 0 Å². The van der Waals surface area contributed by atoms with Crippen LogP contribution in [0.3, 0.4) is 0 Å². The Morgan fingerprint density at radius 3 is 2.44 bits per heavy atom. The van der Waals surface area contributed by atoms with Crippen LogP contribution in [0.5, 0.6) is 0 Å². The van der Waals surface area contributed by atoms with Crippen LogP contribution in [0.4, 0.5) is 0 Å². The zero-order chi connectivity index (χ0) is 12.2. The number of aliphatic carboxylic acids is 1. The fraction of sp³-hybridized carbons (Fsp3) is 0.923. The summed E-state index contributed by atoms with van der Waals surface area (Å²) in [6.07, 6.45) is 5.70. The lowest BCUT2D eigenvalue weighted by Gasteiger charge is -2.39. The van der Waals surface area contributed by atoms with Crippen molar-refractivity contribution >= 4 is 5.97 Å². The maximum absolute atomic E-state index is 11.6. The molecule has 0 aromatic carbocycles. The van der Waals surface area contributed by atoms with Crippen LogP contribution in [0.25, 0.3) is 0 Å². The van der Waals surface area contributed by atoms with Gasteiger partial charge in [-0.05, 0) is 38.6 Å². The Labute approximate surface area is 98.8 Å². The van der Waals surface area contributed by atoms with Gasteiger partial charge in [0.05, 0.1) is 0 Å². The number of likely N-dealkylation sites (tertiary alicyclic amines) is 1. The molecule has 1 fully saturated rings. The first-order valence-corrected chi connectivity index (χ1v) is 6.62. The smallest absolute Gasteiger partial charge is 0.324 e. The first kappa shape index (κ1) is 13.5. The highest BCUT2D eigenvalue weighted by Gasteiger charge is 2.48. The van der Waals surface area contributed by atoms with Crippen molar-refractivity contribution in [2.75, 3.05) is 6.54 Å². The number of hydrogen-bond acceptors (Lipinski definition) is 2. The molecule has 0 aliphatic carbocycles. The number of carboxylic acid groups (broad SMARTS) is 1. The molecule has 0 saturated carbocycles. The molecule has 94 valence electrons. The average Bonchev–Trinajstić information content (AvgIpc) is 2.66. The van der Waals surface area contributed by atoms with E-state index in [0.717, 1.165) is 45.1 Å². The van der Waals surface area contributed by atoms with Crippen LogP contribution in [0, 0.1) is 0 Å². The first-order valence-electron chi connectivity index (χ1n) is 6.62. The third-order valence-electron chi connectivity index (χ3n) is 3.98. The minimum atomic E-state index is -0.612. The third kappa shape index (κ3) is 2.24. The predicted molar refractivity (Wildman–Crippen MR) is 65.6 cm³/mol. The maximum atomic E-state index is 11.6. The van der Waals surface area contributed by atoms with E-state index in [1.165, 1.54) is 0 Å². The fourth-order valence-corrected chi connectivity index (χ4v) is 3.18. The van der Waals surface area contributed by atoms with E-state index in [-0.39, 0.29) is 0 Å². The standard InChI is InChI=1S/C13H25NO2/c1-4-8-13(12(15)16)9-7-10-14(13)11(5-2)6-3/h11H,4-10H2,1-3H3,(H,15,16). The van der Waals surface area contributed by atoms with E-state index < -0.39 is 11.5 Å². The minimum Gasteiger partial charge on any atom is -0.480 e. The molecule has 0 aromatic rings. The van der Waals surface area contributed by atoms with Gasteiger partial charge < -0.3 is 5.11 Å². The Morgan fingerprint density at radius 2 is 2.00 bits per heavy atom. The van der Waals surface area contributed by atoms with E-state index in [2.05, 4.69) is 25.7 Å². The maximum Gasteiger partial charge on any atom is 0.324 e. The van der Waals surface area contributed by atoms with Crippen LogP contribution in [0.1, 0.15) is 59.3 Å². The second kappa shape index (κ2) is 5.67. The molecule has 1 saturated heterocycles. The Bertz CT molecular complexity index is 238. The van der Waals surface area contributed by atoms with Crippen molar-refractivity contribution in [2.45, 2.75) is 70.9 Å². The van der Waals surface area contributed by atoms with E-state index >= 15 is 0 Å². The Kier molecular flexibility index (Phi) is 4.78. The van der Waals surface area contributed by atoms with Crippen LogP contribution >= 0.6 is 0 Å². The lowest BCUT2D eigenvalue weighted by atomic mass is 9.89. The molecule has 0 amide bonds. The number of rotatable bonds is 6.